The van der Waals surface area contributed by atoms with Gasteiger partial charge >= 0.3 is 0 Å². The maximum Gasteiger partial charge on any atom is 0.244 e. The second-order valence-corrected chi connectivity index (χ2v) is 6.11. The molecule has 2 N–H and O–H groups in total. The van der Waals surface area contributed by atoms with Crippen molar-refractivity contribution in [2.45, 2.75) is 6.04 Å². The molecule has 23 heavy (non-hydrogen) atoms. The van der Waals surface area contributed by atoms with Gasteiger partial charge in [0.2, 0.25) is 5.91 Å². The van der Waals surface area contributed by atoms with Gasteiger partial charge in [0.25, 0.3) is 0 Å². The predicted molar refractivity (Wildman–Crippen MR) is 93.6 cm³/mol. The van der Waals surface area contributed by atoms with E-state index < -0.39 is 6.04 Å². The number of carbonyl (C=O) groups is 1. The third kappa shape index (κ3) is 3.66. The zero-order chi connectivity index (χ0) is 16.2. The number of carbonyl (C=O) groups excluding carboxylic acids is 1. The second kappa shape index (κ2) is 7.02. The van der Waals surface area contributed by atoms with Crippen LogP contribution in [0.15, 0.2) is 54.6 Å². The summed E-state index contributed by atoms with van der Waals surface area (Å²) in [6, 6.07) is 16.7. The van der Waals surface area contributed by atoms with Crippen LogP contribution in [-0.2, 0) is 4.79 Å². The summed E-state index contributed by atoms with van der Waals surface area (Å²) in [4.78, 5) is 16.7. The Morgan fingerprint density at radius 1 is 0.957 bits per heavy atom. The van der Waals surface area contributed by atoms with E-state index in [1.54, 1.807) is 0 Å². The summed E-state index contributed by atoms with van der Waals surface area (Å²) >= 11 is 5.92. The lowest BCUT2D eigenvalue weighted by atomic mass is 10.1. The van der Waals surface area contributed by atoms with Crippen molar-refractivity contribution in [2.24, 2.45) is 5.73 Å². The van der Waals surface area contributed by atoms with Crippen LogP contribution in [0.5, 0.6) is 0 Å². The highest BCUT2D eigenvalue weighted by molar-refractivity contribution is 6.30. The molecular weight excluding hydrogens is 310 g/mol. The summed E-state index contributed by atoms with van der Waals surface area (Å²) in [6.45, 7) is 2.97. The molecule has 0 spiro atoms. The van der Waals surface area contributed by atoms with Crippen molar-refractivity contribution in [1.29, 1.82) is 0 Å². The number of nitrogens with zero attached hydrogens (tertiary/aromatic N) is 2. The first-order chi connectivity index (χ1) is 11.1. The van der Waals surface area contributed by atoms with Crippen molar-refractivity contribution in [3.63, 3.8) is 0 Å². The lowest BCUT2D eigenvalue weighted by Gasteiger charge is -2.37. The Balaban J connectivity index is 1.60. The summed E-state index contributed by atoms with van der Waals surface area (Å²) in [5, 5.41) is 0.733. The van der Waals surface area contributed by atoms with Gasteiger partial charge < -0.3 is 15.5 Å². The number of benzene rings is 2. The van der Waals surface area contributed by atoms with Crippen LogP contribution >= 0.6 is 11.6 Å². The van der Waals surface area contributed by atoms with E-state index in [9.17, 15) is 4.79 Å². The number of piperazine rings is 1. The maximum atomic E-state index is 12.6. The predicted octanol–water partition coefficient (Wildman–Crippen LogP) is 2.69. The third-order valence-corrected chi connectivity index (χ3v) is 4.46. The van der Waals surface area contributed by atoms with Crippen LogP contribution in [0.4, 0.5) is 5.69 Å². The number of hydrogen-bond donors (Lipinski definition) is 1. The van der Waals surface area contributed by atoms with Crippen molar-refractivity contribution in [3.8, 4) is 0 Å². The average Bonchev–Trinajstić information content (AvgIpc) is 2.62. The summed E-state index contributed by atoms with van der Waals surface area (Å²) in [5.41, 5.74) is 8.10. The van der Waals surface area contributed by atoms with Crippen LogP contribution in [0.2, 0.25) is 5.02 Å². The molecule has 0 aliphatic carbocycles. The molecule has 3 rings (SSSR count). The van der Waals surface area contributed by atoms with Gasteiger partial charge in [0.15, 0.2) is 0 Å². The standard InChI is InChI=1S/C18H20ClN3O/c19-15-6-8-16(9-7-15)21-10-12-22(13-11-21)18(23)17(20)14-4-2-1-3-5-14/h1-9,17H,10-13,20H2/t17-/m1/s1. The highest BCUT2D eigenvalue weighted by Gasteiger charge is 2.26. The molecule has 120 valence electrons. The van der Waals surface area contributed by atoms with E-state index in [4.69, 9.17) is 17.3 Å². The van der Waals surface area contributed by atoms with Crippen LogP contribution in [0, 0.1) is 0 Å². The highest BCUT2D eigenvalue weighted by Crippen LogP contribution is 2.20. The molecule has 1 aliphatic rings. The fraction of sp³-hybridized carbons (Fsp3) is 0.278. The number of rotatable bonds is 3. The van der Waals surface area contributed by atoms with Crippen molar-refractivity contribution in [2.75, 3.05) is 31.1 Å². The Hall–Kier alpha value is -2.04. The zero-order valence-corrected chi connectivity index (χ0v) is 13.6. The fourth-order valence-corrected chi connectivity index (χ4v) is 2.96. The SMILES string of the molecule is N[C@@H](C(=O)N1CCN(c2ccc(Cl)cc2)CC1)c1ccccc1. The molecule has 1 heterocycles. The minimum absolute atomic E-state index is 0.00745. The zero-order valence-electron chi connectivity index (χ0n) is 12.9. The normalized spacial score (nSPS) is 16.3. The Labute approximate surface area is 141 Å². The molecule has 1 amide bonds. The van der Waals surface area contributed by atoms with Gasteiger partial charge in [-0.3, -0.25) is 4.79 Å². The van der Waals surface area contributed by atoms with Gasteiger partial charge in [-0.05, 0) is 29.8 Å². The Bertz CT molecular complexity index is 652. The first-order valence-electron chi connectivity index (χ1n) is 7.75. The summed E-state index contributed by atoms with van der Waals surface area (Å²) in [7, 11) is 0. The lowest BCUT2D eigenvalue weighted by molar-refractivity contribution is -0.133. The minimum Gasteiger partial charge on any atom is -0.368 e. The lowest BCUT2D eigenvalue weighted by Crippen LogP contribution is -2.51. The third-order valence-electron chi connectivity index (χ3n) is 4.21. The van der Waals surface area contributed by atoms with E-state index in [-0.39, 0.29) is 5.91 Å². The number of hydrogen-bond acceptors (Lipinski definition) is 3. The Morgan fingerprint density at radius 3 is 2.17 bits per heavy atom. The van der Waals surface area contributed by atoms with Gasteiger partial charge in [0.05, 0.1) is 0 Å². The first-order valence-corrected chi connectivity index (χ1v) is 8.13. The van der Waals surface area contributed by atoms with Gasteiger partial charge in [0.1, 0.15) is 6.04 Å². The quantitative estimate of drug-likeness (QED) is 0.942. The molecule has 0 unspecified atom stereocenters. The second-order valence-electron chi connectivity index (χ2n) is 5.68. The van der Waals surface area contributed by atoms with Crippen LogP contribution in [0.3, 0.4) is 0 Å². The van der Waals surface area contributed by atoms with Crippen LogP contribution in [-0.4, -0.2) is 37.0 Å². The number of amides is 1. The van der Waals surface area contributed by atoms with Crippen LogP contribution in [0.25, 0.3) is 0 Å². The van der Waals surface area contributed by atoms with Crippen molar-refractivity contribution < 1.29 is 4.79 Å². The van der Waals surface area contributed by atoms with E-state index in [1.165, 1.54) is 0 Å². The molecule has 1 fully saturated rings. The molecule has 1 atom stereocenters. The Kier molecular flexibility index (Phi) is 4.84. The minimum atomic E-state index is -0.585. The van der Waals surface area contributed by atoms with Gasteiger partial charge in [-0.15, -0.1) is 0 Å². The van der Waals surface area contributed by atoms with E-state index in [1.807, 2.05) is 59.5 Å². The van der Waals surface area contributed by atoms with E-state index in [0.717, 1.165) is 29.4 Å². The monoisotopic (exact) mass is 329 g/mol. The number of nitrogens with two attached hydrogens (primary N) is 1. The van der Waals surface area contributed by atoms with Gasteiger partial charge in [-0.2, -0.15) is 0 Å². The van der Waals surface area contributed by atoms with Gasteiger partial charge in [-0.25, -0.2) is 0 Å². The number of anilines is 1. The van der Waals surface area contributed by atoms with E-state index >= 15 is 0 Å². The van der Waals surface area contributed by atoms with E-state index in [0.29, 0.717) is 13.1 Å². The fourth-order valence-electron chi connectivity index (χ4n) is 2.84. The van der Waals surface area contributed by atoms with Crippen molar-refractivity contribution in [3.05, 3.63) is 65.2 Å². The molecule has 4 nitrogen and oxygen atoms in total. The Morgan fingerprint density at radius 2 is 1.57 bits per heavy atom. The molecule has 0 radical (unpaired) electrons. The average molecular weight is 330 g/mol. The molecule has 0 saturated carbocycles. The molecule has 2 aromatic carbocycles. The molecule has 1 aliphatic heterocycles. The summed E-state index contributed by atoms with van der Waals surface area (Å²) in [6.07, 6.45) is 0. The van der Waals surface area contributed by atoms with Crippen LogP contribution in [0.1, 0.15) is 11.6 Å². The van der Waals surface area contributed by atoms with E-state index in [2.05, 4.69) is 4.90 Å². The summed E-state index contributed by atoms with van der Waals surface area (Å²) < 4.78 is 0. The highest BCUT2D eigenvalue weighted by atomic mass is 35.5. The molecule has 2 aromatic rings. The summed E-state index contributed by atoms with van der Waals surface area (Å²) in [5.74, 6) is -0.00745. The molecular formula is C18H20ClN3O. The van der Waals surface area contributed by atoms with Crippen molar-refractivity contribution in [1.82, 2.24) is 4.90 Å². The molecule has 0 aromatic heterocycles. The first kappa shape index (κ1) is 15.8. The van der Waals surface area contributed by atoms with Gasteiger partial charge in [-0.1, -0.05) is 41.9 Å². The largest absolute Gasteiger partial charge is 0.368 e. The maximum absolute atomic E-state index is 12.6. The van der Waals surface area contributed by atoms with Crippen LogP contribution < -0.4 is 10.6 Å². The van der Waals surface area contributed by atoms with Gasteiger partial charge in [0, 0.05) is 36.9 Å². The molecule has 1 saturated heterocycles. The molecule has 0 bridgehead atoms. The number of halogens is 1. The topological polar surface area (TPSA) is 49.6 Å². The molecule has 5 heteroatoms. The van der Waals surface area contributed by atoms with Crippen molar-refractivity contribution >= 4 is 23.2 Å². The smallest absolute Gasteiger partial charge is 0.244 e.